The number of nitrogens with zero attached hydrogens (tertiary/aromatic N) is 2. The standard InChI is InChI=1S/C29H28N4O4S/c1-38(34,35)18-16-30-19-22-15-17-36-27(22)29-32-26-10-6-5-9-25(26)28(33-29)31-23-11-13-24(14-12-23)37-20-21-7-3-2-4-8-21/h2-15,17,30H,16,18-20H2,1H3,(H,31,32,33). The molecule has 0 unspecified atom stereocenters. The number of furan rings is 1. The minimum Gasteiger partial charge on any atom is -0.489 e. The molecule has 8 nitrogen and oxygen atoms in total. The van der Waals surface area contributed by atoms with Gasteiger partial charge in [0.1, 0.15) is 28.0 Å². The third-order valence-corrected chi connectivity index (χ3v) is 6.83. The normalized spacial score (nSPS) is 11.5. The minimum atomic E-state index is -3.03. The molecule has 0 radical (unpaired) electrons. The Balaban J connectivity index is 1.34. The summed E-state index contributed by atoms with van der Waals surface area (Å²) in [7, 11) is -3.03. The first-order valence-corrected chi connectivity index (χ1v) is 14.3. The Kier molecular flexibility index (Phi) is 7.67. The molecule has 0 bridgehead atoms. The van der Waals surface area contributed by atoms with Crippen molar-refractivity contribution in [2.24, 2.45) is 0 Å². The fourth-order valence-corrected chi connectivity index (χ4v) is 4.45. The van der Waals surface area contributed by atoms with Gasteiger partial charge in [-0.2, -0.15) is 0 Å². The van der Waals surface area contributed by atoms with Crippen molar-refractivity contribution < 1.29 is 17.6 Å². The average Bonchev–Trinajstić information content (AvgIpc) is 3.39. The summed E-state index contributed by atoms with van der Waals surface area (Å²) in [4.78, 5) is 9.52. The molecule has 5 aromatic rings. The zero-order valence-corrected chi connectivity index (χ0v) is 21.7. The number of anilines is 2. The van der Waals surface area contributed by atoms with E-state index < -0.39 is 9.84 Å². The maximum absolute atomic E-state index is 11.4. The smallest absolute Gasteiger partial charge is 0.198 e. The summed E-state index contributed by atoms with van der Waals surface area (Å²) in [5, 5.41) is 7.43. The zero-order valence-electron chi connectivity index (χ0n) is 20.9. The van der Waals surface area contributed by atoms with E-state index in [1.165, 1.54) is 6.26 Å². The average molecular weight is 529 g/mol. The number of hydrogen-bond acceptors (Lipinski definition) is 8. The van der Waals surface area contributed by atoms with Crippen LogP contribution in [0.2, 0.25) is 0 Å². The summed E-state index contributed by atoms with van der Waals surface area (Å²) in [6.45, 7) is 1.28. The molecule has 2 heterocycles. The van der Waals surface area contributed by atoms with Crippen molar-refractivity contribution in [3.8, 4) is 17.3 Å². The highest BCUT2D eigenvalue weighted by Crippen LogP contribution is 2.30. The van der Waals surface area contributed by atoms with Crippen LogP contribution in [0.4, 0.5) is 11.5 Å². The van der Waals surface area contributed by atoms with Gasteiger partial charge in [0.15, 0.2) is 11.6 Å². The van der Waals surface area contributed by atoms with E-state index >= 15 is 0 Å². The lowest BCUT2D eigenvalue weighted by molar-refractivity contribution is 0.306. The van der Waals surface area contributed by atoms with E-state index in [-0.39, 0.29) is 5.75 Å². The fraction of sp³-hybridized carbons (Fsp3) is 0.172. The van der Waals surface area contributed by atoms with Crippen LogP contribution in [0.1, 0.15) is 11.1 Å². The van der Waals surface area contributed by atoms with E-state index in [9.17, 15) is 8.42 Å². The van der Waals surface area contributed by atoms with E-state index in [1.807, 2.05) is 84.9 Å². The molecule has 0 saturated heterocycles. The highest BCUT2D eigenvalue weighted by atomic mass is 32.2. The van der Waals surface area contributed by atoms with Crippen LogP contribution < -0.4 is 15.4 Å². The van der Waals surface area contributed by atoms with Crippen LogP contribution in [0, 0.1) is 0 Å². The molecule has 0 aliphatic heterocycles. The fourth-order valence-electron chi connectivity index (χ4n) is 3.94. The number of sulfone groups is 1. The summed E-state index contributed by atoms with van der Waals surface area (Å²) in [5.74, 6) is 2.47. The monoisotopic (exact) mass is 528 g/mol. The molecule has 0 spiro atoms. The highest BCUT2D eigenvalue weighted by molar-refractivity contribution is 7.90. The molecule has 38 heavy (non-hydrogen) atoms. The van der Waals surface area contributed by atoms with Crippen molar-refractivity contribution in [2.45, 2.75) is 13.2 Å². The van der Waals surface area contributed by atoms with Gasteiger partial charge in [-0.3, -0.25) is 0 Å². The molecule has 0 amide bonds. The van der Waals surface area contributed by atoms with Gasteiger partial charge in [-0.05, 0) is 48.0 Å². The first-order chi connectivity index (χ1) is 18.4. The molecule has 2 aromatic heterocycles. The maximum Gasteiger partial charge on any atom is 0.198 e. The number of benzene rings is 3. The summed E-state index contributed by atoms with van der Waals surface area (Å²) in [5.41, 5.74) is 3.58. The van der Waals surface area contributed by atoms with Crippen molar-refractivity contribution in [3.05, 3.63) is 102 Å². The lowest BCUT2D eigenvalue weighted by atomic mass is 10.2. The topological polar surface area (TPSA) is 106 Å². The molecule has 9 heteroatoms. The Bertz CT molecular complexity index is 1620. The molecule has 0 saturated carbocycles. The molecular weight excluding hydrogens is 500 g/mol. The van der Waals surface area contributed by atoms with Crippen LogP contribution in [-0.2, 0) is 23.0 Å². The predicted octanol–water partition coefficient (Wildman–Crippen LogP) is 5.35. The SMILES string of the molecule is CS(=O)(=O)CCNCc1ccoc1-c1nc(Nc2ccc(OCc3ccccc3)cc2)c2ccccc2n1. The number of ether oxygens (including phenoxy) is 1. The van der Waals surface area contributed by atoms with E-state index in [2.05, 4.69) is 10.6 Å². The second-order valence-corrected chi connectivity index (χ2v) is 11.2. The summed E-state index contributed by atoms with van der Waals surface area (Å²) in [6, 6.07) is 27.4. The van der Waals surface area contributed by atoms with E-state index in [1.54, 1.807) is 6.26 Å². The molecule has 0 fully saturated rings. The second-order valence-electron chi connectivity index (χ2n) is 8.92. The largest absolute Gasteiger partial charge is 0.489 e. The first-order valence-electron chi connectivity index (χ1n) is 12.2. The van der Waals surface area contributed by atoms with Gasteiger partial charge < -0.3 is 19.8 Å². The van der Waals surface area contributed by atoms with E-state index in [0.717, 1.165) is 33.5 Å². The molecule has 0 atom stereocenters. The Morgan fingerprint density at radius 2 is 1.66 bits per heavy atom. The second kappa shape index (κ2) is 11.5. The van der Waals surface area contributed by atoms with Gasteiger partial charge >= 0.3 is 0 Å². The Morgan fingerprint density at radius 1 is 0.895 bits per heavy atom. The van der Waals surface area contributed by atoms with Gasteiger partial charge in [0.05, 0.1) is 17.5 Å². The zero-order chi connectivity index (χ0) is 26.4. The van der Waals surface area contributed by atoms with Gasteiger partial charge in [-0.1, -0.05) is 42.5 Å². The van der Waals surface area contributed by atoms with Gasteiger partial charge in [-0.15, -0.1) is 0 Å². The van der Waals surface area contributed by atoms with Crippen LogP contribution in [0.25, 0.3) is 22.5 Å². The lowest BCUT2D eigenvalue weighted by Crippen LogP contribution is -2.22. The highest BCUT2D eigenvalue weighted by Gasteiger charge is 2.16. The van der Waals surface area contributed by atoms with E-state index in [4.69, 9.17) is 19.1 Å². The van der Waals surface area contributed by atoms with Crippen molar-refractivity contribution in [1.82, 2.24) is 15.3 Å². The Labute approximate surface area is 221 Å². The third kappa shape index (κ3) is 6.56. The number of hydrogen-bond donors (Lipinski definition) is 2. The van der Waals surface area contributed by atoms with Crippen molar-refractivity contribution >= 4 is 32.2 Å². The molecule has 0 aliphatic carbocycles. The molecule has 3 aromatic carbocycles. The third-order valence-electron chi connectivity index (χ3n) is 5.88. The first kappa shape index (κ1) is 25.4. The Morgan fingerprint density at radius 3 is 2.45 bits per heavy atom. The predicted molar refractivity (Wildman–Crippen MR) is 149 cm³/mol. The lowest BCUT2D eigenvalue weighted by Gasteiger charge is -2.12. The van der Waals surface area contributed by atoms with Crippen LogP contribution in [-0.4, -0.2) is 36.9 Å². The quantitative estimate of drug-likeness (QED) is 0.221. The number of rotatable bonds is 11. The molecule has 0 aliphatic rings. The number of para-hydroxylation sites is 1. The summed E-state index contributed by atoms with van der Waals surface area (Å²) >= 11 is 0. The number of aromatic nitrogens is 2. The maximum atomic E-state index is 11.4. The molecule has 194 valence electrons. The van der Waals surface area contributed by atoms with Crippen LogP contribution in [0.5, 0.6) is 5.75 Å². The summed E-state index contributed by atoms with van der Waals surface area (Å²) < 4.78 is 34.5. The molecular formula is C29H28N4O4S. The van der Waals surface area contributed by atoms with Crippen LogP contribution in [0.3, 0.4) is 0 Å². The summed E-state index contributed by atoms with van der Waals surface area (Å²) in [6.07, 6.45) is 2.81. The number of fused-ring (bicyclic) bond motifs is 1. The number of nitrogens with one attached hydrogen (secondary N) is 2. The van der Waals surface area contributed by atoms with Gasteiger partial charge in [0, 0.05) is 36.0 Å². The Hall–Kier alpha value is -4.21. The van der Waals surface area contributed by atoms with Crippen LogP contribution >= 0.6 is 0 Å². The van der Waals surface area contributed by atoms with Crippen LogP contribution in [0.15, 0.2) is 95.6 Å². The molecule has 5 rings (SSSR count). The molecule has 2 N–H and O–H groups in total. The van der Waals surface area contributed by atoms with Gasteiger partial charge in [0.25, 0.3) is 0 Å². The van der Waals surface area contributed by atoms with Crippen molar-refractivity contribution in [2.75, 3.05) is 23.9 Å². The minimum absolute atomic E-state index is 0.0663. The van der Waals surface area contributed by atoms with E-state index in [0.29, 0.717) is 37.1 Å². The van der Waals surface area contributed by atoms with Crippen molar-refractivity contribution in [3.63, 3.8) is 0 Å². The van der Waals surface area contributed by atoms with Gasteiger partial charge in [-0.25, -0.2) is 18.4 Å². The van der Waals surface area contributed by atoms with Crippen molar-refractivity contribution in [1.29, 1.82) is 0 Å². The van der Waals surface area contributed by atoms with Gasteiger partial charge in [0.2, 0.25) is 0 Å².